The lowest BCUT2D eigenvalue weighted by Gasteiger charge is -2.18. The molecule has 21 heavy (non-hydrogen) atoms. The van der Waals surface area contributed by atoms with Gasteiger partial charge >= 0.3 is 0 Å². The lowest BCUT2D eigenvalue weighted by Crippen LogP contribution is -2.14. The fourth-order valence-electron chi connectivity index (χ4n) is 2.03. The number of ether oxygens (including phenoxy) is 2. The zero-order chi connectivity index (χ0) is 15.6. The summed E-state index contributed by atoms with van der Waals surface area (Å²) in [5, 5.41) is 0.664. The van der Waals surface area contributed by atoms with Gasteiger partial charge in [0.1, 0.15) is 0 Å². The Morgan fingerprint density at radius 1 is 1.10 bits per heavy atom. The summed E-state index contributed by atoms with van der Waals surface area (Å²) in [5.74, 6) is 1.30. The van der Waals surface area contributed by atoms with E-state index >= 15 is 0 Å². The molecule has 2 aromatic rings. The standard InChI is InChI=1S/C15H14BrClINO2/c1-20-13-6-9(11(16)7-14(13)21-2)15(19)10-5-8(17)3-4-12(10)18/h3-7,15H,19H2,1-2H3. The second kappa shape index (κ2) is 7.17. The van der Waals surface area contributed by atoms with Crippen molar-refractivity contribution in [2.24, 2.45) is 5.73 Å². The number of benzene rings is 2. The van der Waals surface area contributed by atoms with Crippen LogP contribution in [0.25, 0.3) is 0 Å². The van der Waals surface area contributed by atoms with Gasteiger partial charge in [0.05, 0.1) is 20.3 Å². The first-order chi connectivity index (χ1) is 9.97. The highest BCUT2D eigenvalue weighted by atomic mass is 127. The highest BCUT2D eigenvalue weighted by Gasteiger charge is 2.18. The SMILES string of the molecule is COc1cc(Br)c(C(N)c2cc(Cl)ccc2I)cc1OC. The zero-order valence-electron chi connectivity index (χ0n) is 11.5. The molecule has 6 heteroatoms. The Morgan fingerprint density at radius 2 is 1.71 bits per heavy atom. The first-order valence-electron chi connectivity index (χ1n) is 6.10. The summed E-state index contributed by atoms with van der Waals surface area (Å²) in [6, 6.07) is 9.10. The molecule has 0 bridgehead atoms. The van der Waals surface area contributed by atoms with Crippen molar-refractivity contribution >= 4 is 50.1 Å². The van der Waals surface area contributed by atoms with E-state index in [2.05, 4.69) is 38.5 Å². The summed E-state index contributed by atoms with van der Waals surface area (Å²) in [5.41, 5.74) is 8.29. The molecule has 0 saturated carbocycles. The lowest BCUT2D eigenvalue weighted by atomic mass is 9.99. The molecule has 1 unspecified atom stereocenters. The highest BCUT2D eigenvalue weighted by Crippen LogP contribution is 2.38. The average molecular weight is 483 g/mol. The van der Waals surface area contributed by atoms with Gasteiger partial charge in [-0.3, -0.25) is 0 Å². The fourth-order valence-corrected chi connectivity index (χ4v) is 3.45. The second-order valence-electron chi connectivity index (χ2n) is 4.37. The molecule has 0 aliphatic carbocycles. The Hall–Kier alpha value is -0.500. The van der Waals surface area contributed by atoms with Crippen LogP contribution in [0.15, 0.2) is 34.8 Å². The van der Waals surface area contributed by atoms with E-state index < -0.39 is 0 Å². The maximum Gasteiger partial charge on any atom is 0.161 e. The number of halogens is 3. The Labute approximate surface area is 151 Å². The van der Waals surface area contributed by atoms with Gasteiger partial charge in [-0.25, -0.2) is 0 Å². The first kappa shape index (κ1) is 16.9. The third kappa shape index (κ3) is 3.64. The quantitative estimate of drug-likeness (QED) is 0.639. The molecular formula is C15H14BrClINO2. The molecule has 0 aliphatic rings. The summed E-state index contributed by atoms with van der Waals surface area (Å²) < 4.78 is 12.6. The Morgan fingerprint density at radius 3 is 2.33 bits per heavy atom. The van der Waals surface area contributed by atoms with E-state index in [0.29, 0.717) is 16.5 Å². The zero-order valence-corrected chi connectivity index (χ0v) is 16.0. The molecule has 0 saturated heterocycles. The summed E-state index contributed by atoms with van der Waals surface area (Å²) in [6.07, 6.45) is 0. The maximum absolute atomic E-state index is 6.41. The van der Waals surface area contributed by atoms with Crippen LogP contribution in [-0.4, -0.2) is 14.2 Å². The van der Waals surface area contributed by atoms with Crippen LogP contribution in [0.1, 0.15) is 17.2 Å². The Bertz CT molecular complexity index is 666. The smallest absolute Gasteiger partial charge is 0.161 e. The molecule has 0 fully saturated rings. The number of hydrogen-bond acceptors (Lipinski definition) is 3. The van der Waals surface area contributed by atoms with Gasteiger partial charge < -0.3 is 15.2 Å². The third-order valence-corrected chi connectivity index (χ3v) is 5.04. The number of nitrogens with two attached hydrogens (primary N) is 1. The van der Waals surface area contributed by atoms with E-state index in [1.54, 1.807) is 14.2 Å². The summed E-state index contributed by atoms with van der Waals surface area (Å²) in [7, 11) is 3.20. The molecule has 0 radical (unpaired) electrons. The normalized spacial score (nSPS) is 12.1. The van der Waals surface area contributed by atoms with E-state index in [1.165, 1.54) is 0 Å². The largest absolute Gasteiger partial charge is 0.493 e. The van der Waals surface area contributed by atoms with Crippen molar-refractivity contribution in [3.8, 4) is 11.5 Å². The minimum Gasteiger partial charge on any atom is -0.493 e. The summed E-state index contributed by atoms with van der Waals surface area (Å²) >= 11 is 11.9. The lowest BCUT2D eigenvalue weighted by molar-refractivity contribution is 0.354. The summed E-state index contributed by atoms with van der Waals surface area (Å²) in [4.78, 5) is 0. The van der Waals surface area contributed by atoms with E-state index in [4.69, 9.17) is 26.8 Å². The minimum atomic E-state index is -0.315. The van der Waals surface area contributed by atoms with Crippen LogP contribution >= 0.6 is 50.1 Å². The van der Waals surface area contributed by atoms with Gasteiger partial charge in [0.2, 0.25) is 0 Å². The molecule has 0 heterocycles. The predicted molar refractivity (Wildman–Crippen MR) is 97.4 cm³/mol. The van der Waals surface area contributed by atoms with Crippen molar-refractivity contribution in [1.29, 1.82) is 0 Å². The Balaban J connectivity index is 2.52. The number of hydrogen-bond donors (Lipinski definition) is 1. The molecular weight excluding hydrogens is 468 g/mol. The molecule has 3 nitrogen and oxygen atoms in total. The first-order valence-corrected chi connectivity index (χ1v) is 8.34. The van der Waals surface area contributed by atoms with Crippen molar-refractivity contribution in [1.82, 2.24) is 0 Å². The van der Waals surface area contributed by atoms with Crippen molar-refractivity contribution in [3.05, 3.63) is 54.5 Å². The van der Waals surface area contributed by atoms with Crippen LogP contribution in [0.2, 0.25) is 5.02 Å². The van der Waals surface area contributed by atoms with Crippen LogP contribution in [0.3, 0.4) is 0 Å². The van der Waals surface area contributed by atoms with Gasteiger partial charge in [0, 0.05) is 13.1 Å². The second-order valence-corrected chi connectivity index (χ2v) is 6.83. The molecule has 0 aromatic heterocycles. The minimum absolute atomic E-state index is 0.315. The van der Waals surface area contributed by atoms with Gasteiger partial charge in [-0.1, -0.05) is 27.5 Å². The van der Waals surface area contributed by atoms with E-state index in [9.17, 15) is 0 Å². The molecule has 2 rings (SSSR count). The summed E-state index contributed by atoms with van der Waals surface area (Å²) in [6.45, 7) is 0. The van der Waals surface area contributed by atoms with Gasteiger partial charge in [0.15, 0.2) is 11.5 Å². The van der Waals surface area contributed by atoms with E-state index in [1.807, 2.05) is 30.3 Å². The Kier molecular flexibility index (Phi) is 5.76. The van der Waals surface area contributed by atoms with Crippen LogP contribution in [0.4, 0.5) is 0 Å². The van der Waals surface area contributed by atoms with Crippen molar-refractivity contribution < 1.29 is 9.47 Å². The number of rotatable bonds is 4. The van der Waals surface area contributed by atoms with Gasteiger partial charge in [-0.15, -0.1) is 0 Å². The molecule has 112 valence electrons. The van der Waals surface area contributed by atoms with Crippen molar-refractivity contribution in [2.45, 2.75) is 6.04 Å². The maximum atomic E-state index is 6.41. The molecule has 2 N–H and O–H groups in total. The van der Waals surface area contributed by atoms with Crippen LogP contribution in [-0.2, 0) is 0 Å². The molecule has 1 atom stereocenters. The topological polar surface area (TPSA) is 44.5 Å². The fraction of sp³-hybridized carbons (Fsp3) is 0.200. The van der Waals surface area contributed by atoms with Gasteiger partial charge in [-0.05, 0) is 64.0 Å². The van der Waals surface area contributed by atoms with Crippen LogP contribution in [0, 0.1) is 3.57 Å². The molecule has 2 aromatic carbocycles. The molecule has 0 aliphatic heterocycles. The molecule has 0 amide bonds. The van der Waals surface area contributed by atoms with E-state index in [-0.39, 0.29) is 6.04 Å². The third-order valence-electron chi connectivity index (χ3n) is 3.13. The van der Waals surface area contributed by atoms with Crippen LogP contribution < -0.4 is 15.2 Å². The predicted octanol–water partition coefficient (Wildman–Crippen LogP) is 4.77. The van der Waals surface area contributed by atoms with E-state index in [0.717, 1.165) is 19.2 Å². The van der Waals surface area contributed by atoms with Gasteiger partial charge in [0.25, 0.3) is 0 Å². The van der Waals surface area contributed by atoms with Crippen LogP contribution in [0.5, 0.6) is 11.5 Å². The molecule has 0 spiro atoms. The number of methoxy groups -OCH3 is 2. The van der Waals surface area contributed by atoms with Gasteiger partial charge in [-0.2, -0.15) is 0 Å². The highest BCUT2D eigenvalue weighted by molar-refractivity contribution is 14.1. The monoisotopic (exact) mass is 481 g/mol. The van der Waals surface area contributed by atoms with Crippen molar-refractivity contribution in [2.75, 3.05) is 14.2 Å². The average Bonchev–Trinajstić information content (AvgIpc) is 2.48. The van der Waals surface area contributed by atoms with Crippen molar-refractivity contribution in [3.63, 3.8) is 0 Å².